The third-order valence-electron chi connectivity index (χ3n) is 9.86. The van der Waals surface area contributed by atoms with Gasteiger partial charge in [0.2, 0.25) is 0 Å². The van der Waals surface area contributed by atoms with Crippen LogP contribution in [0.4, 0.5) is 13.2 Å². The molecule has 0 aromatic heterocycles. The highest BCUT2D eigenvalue weighted by atomic mass is 19.4. The second kappa shape index (κ2) is 50.0. The van der Waals surface area contributed by atoms with Crippen LogP contribution in [0.15, 0.2) is 0 Å². The number of rotatable bonds is 19. The van der Waals surface area contributed by atoms with E-state index in [-0.39, 0.29) is 6.10 Å². The highest BCUT2D eigenvalue weighted by molar-refractivity contribution is 4.72. The molecule has 0 heterocycles. The molecule has 0 aromatic rings. The van der Waals surface area contributed by atoms with Gasteiger partial charge < -0.3 is 19.1 Å². The van der Waals surface area contributed by atoms with Crippen molar-refractivity contribution in [3.05, 3.63) is 0 Å². The minimum Gasteiger partial charge on any atom is -0.379 e. The Balaban J connectivity index is -0.0000000960. The second-order valence-corrected chi connectivity index (χ2v) is 24.0. The molecule has 65 heavy (non-hydrogen) atoms. The Labute approximate surface area is 412 Å². The molecule has 0 bridgehead atoms. The maximum Gasteiger partial charge on any atom is 0.414 e. The van der Waals surface area contributed by atoms with Crippen molar-refractivity contribution in [2.45, 2.75) is 303 Å². The third-order valence-corrected chi connectivity index (χ3v) is 9.86. The molecule has 0 spiro atoms. The maximum atomic E-state index is 12.2. The summed E-state index contributed by atoms with van der Waals surface area (Å²) in [5.41, 5.74) is 0. The van der Waals surface area contributed by atoms with E-state index in [0.717, 1.165) is 59.9 Å². The third kappa shape index (κ3) is 90.7. The number of alkyl halides is 3. The first-order chi connectivity index (χ1) is 29.0. The van der Waals surface area contributed by atoms with Crippen LogP contribution in [0.3, 0.4) is 0 Å². The van der Waals surface area contributed by atoms with Gasteiger partial charge in [-0.25, -0.2) is 0 Å². The topological polar surface area (TPSA) is 30.9 Å². The largest absolute Gasteiger partial charge is 0.414 e. The molecule has 0 saturated carbocycles. The highest BCUT2D eigenvalue weighted by Crippen LogP contribution is 2.29. The van der Waals surface area contributed by atoms with E-state index in [9.17, 15) is 13.2 Å². The minimum atomic E-state index is -4.25. The van der Waals surface area contributed by atoms with E-state index in [4.69, 9.17) is 14.2 Å². The molecule has 0 aromatic carbocycles. The van der Waals surface area contributed by atoms with E-state index >= 15 is 0 Å². The lowest BCUT2D eigenvalue weighted by Gasteiger charge is -2.25. The van der Waals surface area contributed by atoms with Gasteiger partial charge in [0.15, 0.2) is 6.10 Å². The van der Waals surface area contributed by atoms with Gasteiger partial charge >= 0.3 is 6.18 Å². The summed E-state index contributed by atoms with van der Waals surface area (Å²) < 4.78 is 51.9. The summed E-state index contributed by atoms with van der Waals surface area (Å²) in [5, 5.41) is 0. The summed E-state index contributed by atoms with van der Waals surface area (Å²) in [7, 11) is 2.15. The van der Waals surface area contributed by atoms with E-state index in [0.29, 0.717) is 36.3 Å². The van der Waals surface area contributed by atoms with Crippen molar-refractivity contribution in [1.82, 2.24) is 4.90 Å². The van der Waals surface area contributed by atoms with Crippen LogP contribution in [-0.2, 0) is 14.2 Å². The van der Waals surface area contributed by atoms with Crippen LogP contribution in [0, 0.1) is 65.1 Å². The maximum absolute atomic E-state index is 12.2. The van der Waals surface area contributed by atoms with E-state index < -0.39 is 18.2 Å². The van der Waals surface area contributed by atoms with E-state index in [1.807, 2.05) is 27.7 Å². The molecule has 0 N–H and O–H groups in total. The number of hydrogen-bond acceptors (Lipinski definition) is 4. The Morgan fingerprint density at radius 3 is 0.723 bits per heavy atom. The van der Waals surface area contributed by atoms with Gasteiger partial charge in [0.25, 0.3) is 0 Å². The second-order valence-electron chi connectivity index (χ2n) is 24.0. The van der Waals surface area contributed by atoms with Gasteiger partial charge in [-0.05, 0) is 168 Å². The summed E-state index contributed by atoms with van der Waals surface area (Å²) in [6.45, 7) is 71.2. The van der Waals surface area contributed by atoms with E-state index in [1.54, 1.807) is 13.8 Å². The molecular weight excluding hydrogens is 816 g/mol. The van der Waals surface area contributed by atoms with Gasteiger partial charge in [-0.15, -0.1) is 0 Å². The Bertz CT molecular complexity index is 802. The molecule has 0 fully saturated rings. The molecule has 0 amide bonds. The van der Waals surface area contributed by atoms with Crippen molar-refractivity contribution in [2.75, 3.05) is 13.7 Å². The van der Waals surface area contributed by atoms with Gasteiger partial charge in [-0.2, -0.15) is 13.2 Å². The first kappa shape index (κ1) is 81.6. The van der Waals surface area contributed by atoms with Crippen molar-refractivity contribution >= 4 is 0 Å². The van der Waals surface area contributed by atoms with E-state index in [1.165, 1.54) is 39.5 Å². The predicted octanol–water partition coefficient (Wildman–Crippen LogP) is 20.0. The van der Waals surface area contributed by atoms with Crippen molar-refractivity contribution in [1.29, 1.82) is 0 Å². The van der Waals surface area contributed by atoms with Gasteiger partial charge in [0, 0.05) is 18.7 Å². The summed E-state index contributed by atoms with van der Waals surface area (Å²) in [5.74, 6) is 7.97. The number of nitrogens with zero attached hydrogens (tertiary/aromatic N) is 1. The number of ether oxygens (including phenoxy) is 3. The summed E-state index contributed by atoms with van der Waals surface area (Å²) in [4.78, 5) is 2.33. The molecule has 2 unspecified atom stereocenters. The monoisotopic (exact) mass is 946 g/mol. The van der Waals surface area contributed by atoms with Gasteiger partial charge in [0.1, 0.15) is 0 Å². The lowest BCUT2D eigenvalue weighted by molar-refractivity contribution is -0.242. The zero-order valence-corrected chi connectivity index (χ0v) is 51.2. The molecular formula is C58H130F3NO3. The fourth-order valence-electron chi connectivity index (χ4n) is 5.06. The Kier molecular flexibility index (Phi) is 62.8. The first-order valence-corrected chi connectivity index (χ1v) is 26.7. The lowest BCUT2D eigenvalue weighted by Crippen LogP contribution is -2.38. The Hall–Kier alpha value is -0.370. The number of halogens is 3. The molecule has 0 rings (SSSR count). The van der Waals surface area contributed by atoms with Crippen LogP contribution in [-0.4, -0.2) is 67.3 Å². The lowest BCUT2D eigenvalue weighted by atomic mass is 9.90. The number of hydrogen-bond donors (Lipinski definition) is 0. The molecule has 0 aliphatic rings. The smallest absolute Gasteiger partial charge is 0.379 e. The van der Waals surface area contributed by atoms with Gasteiger partial charge in [-0.3, -0.25) is 0 Å². The fourth-order valence-corrected chi connectivity index (χ4v) is 5.06. The van der Waals surface area contributed by atoms with Crippen LogP contribution >= 0.6 is 0 Å². The van der Waals surface area contributed by atoms with Gasteiger partial charge in [-0.1, -0.05) is 158 Å². The van der Waals surface area contributed by atoms with Crippen LogP contribution in [0.25, 0.3) is 0 Å². The Morgan fingerprint density at radius 2 is 0.662 bits per heavy atom. The van der Waals surface area contributed by atoms with Crippen LogP contribution in [0.1, 0.15) is 254 Å². The molecule has 0 saturated heterocycles. The van der Waals surface area contributed by atoms with Crippen molar-refractivity contribution in [3.63, 3.8) is 0 Å². The van der Waals surface area contributed by atoms with Crippen LogP contribution < -0.4 is 0 Å². The predicted molar refractivity (Wildman–Crippen MR) is 293 cm³/mol. The molecule has 7 heteroatoms. The minimum absolute atomic E-state index is 0.375. The average molecular weight is 947 g/mol. The molecule has 0 aliphatic heterocycles. The normalized spacial score (nSPS) is 12.6. The average Bonchev–Trinajstić information content (AvgIpc) is 3.08. The van der Waals surface area contributed by atoms with Crippen LogP contribution in [0.2, 0.25) is 0 Å². The summed E-state index contributed by atoms with van der Waals surface area (Å²) >= 11 is 0. The SMILES string of the molecule is CC(C)C(C)C.CC(C)CC(C)C.CC(C)CC(C)C(C)C.CC(C)CCC(C)C.CC(C)COC(C)C.CC(C)N(C)C(C)C.CC(C)OC(C(C)C)C(F)(F)F.CC(C)OC(C)C. The zero-order chi connectivity index (χ0) is 54.1. The molecule has 0 radical (unpaired) electrons. The van der Waals surface area contributed by atoms with Crippen molar-refractivity contribution < 1.29 is 27.4 Å². The molecule has 0 aliphatic carbocycles. The first-order valence-electron chi connectivity index (χ1n) is 26.7. The van der Waals surface area contributed by atoms with Crippen molar-refractivity contribution in [3.8, 4) is 0 Å². The Morgan fingerprint density at radius 1 is 0.354 bits per heavy atom. The summed E-state index contributed by atoms with van der Waals surface area (Å²) in [6.07, 6.45) is 0.361. The zero-order valence-electron chi connectivity index (χ0n) is 51.2. The standard InChI is InChI=1S/C9H20.C8H15F3O.C8H18.C7H17N.C7H16O.C7H16.C6H14O.C6H14/c1-7(2)6-9(5)8(3)4;1-5(2)7(8(9,10)11)12-6(3)4;1-7(2)5-6-8(3)4;1-6(2)8(5)7(3)4;1-6(2)5-8-7(3)4;1-6(2)5-7(3)4;1-5(2)7-6(3)4;1-5(2)6(3)4/h7-9H,6H2,1-5H3;5-7H,1-4H3;7-8H,5-6H2,1-4H3;6-7H,1-5H3;6-7H,5H2,1-4H3;6-7H,5H2,1-4H3;5-6H,1-4H3;5-6H,1-4H3. The molecule has 2 atom stereocenters. The quantitative estimate of drug-likeness (QED) is 0.129. The van der Waals surface area contributed by atoms with Gasteiger partial charge in [0.05, 0.1) is 24.4 Å². The summed E-state index contributed by atoms with van der Waals surface area (Å²) in [6, 6.07) is 1.35. The molecule has 406 valence electrons. The van der Waals surface area contributed by atoms with E-state index in [2.05, 4.69) is 185 Å². The van der Waals surface area contributed by atoms with Crippen molar-refractivity contribution in [2.24, 2.45) is 65.1 Å². The molecule has 4 nitrogen and oxygen atoms in total. The highest BCUT2D eigenvalue weighted by Gasteiger charge is 2.43. The van der Waals surface area contributed by atoms with Crippen LogP contribution in [0.5, 0.6) is 0 Å². The fraction of sp³-hybridized carbons (Fsp3) is 1.00.